The van der Waals surface area contributed by atoms with Crippen molar-refractivity contribution in [1.82, 2.24) is 4.90 Å². The molecule has 1 fully saturated rings. The molecule has 0 spiro atoms. The van der Waals surface area contributed by atoms with E-state index in [9.17, 15) is 37.7 Å². The molecule has 29 heavy (non-hydrogen) atoms. The standard InChI is InChI=1S/C17H18F3N3O6/c1-9(2)22-7-10(5-15(22)25)16(26)29-8-14(24)21-12-4-3-11(17(18,19)20)6-13(12)23(27)28/h3-4,6,9-10H,5,7-8H2,1-2H3,(H,21,24). The number of hydrogen-bond acceptors (Lipinski definition) is 6. The monoisotopic (exact) mass is 417 g/mol. The summed E-state index contributed by atoms with van der Waals surface area (Å²) in [6, 6.07) is 1.53. The fourth-order valence-corrected chi connectivity index (χ4v) is 2.79. The first-order chi connectivity index (χ1) is 13.4. The van der Waals surface area contributed by atoms with E-state index in [4.69, 9.17) is 4.74 Å². The smallest absolute Gasteiger partial charge is 0.416 e. The van der Waals surface area contributed by atoms with Crippen LogP contribution in [0.4, 0.5) is 24.5 Å². The van der Waals surface area contributed by atoms with Gasteiger partial charge in [-0.15, -0.1) is 0 Å². The summed E-state index contributed by atoms with van der Waals surface area (Å²) in [7, 11) is 0. The van der Waals surface area contributed by atoms with E-state index in [2.05, 4.69) is 0 Å². The fourth-order valence-electron chi connectivity index (χ4n) is 2.79. The second-order valence-electron chi connectivity index (χ2n) is 6.68. The van der Waals surface area contributed by atoms with Crippen molar-refractivity contribution in [2.45, 2.75) is 32.5 Å². The lowest BCUT2D eigenvalue weighted by atomic mass is 10.1. The third kappa shape index (κ3) is 5.42. The number of nitro benzene ring substituents is 1. The lowest BCUT2D eigenvalue weighted by molar-refractivity contribution is -0.384. The van der Waals surface area contributed by atoms with Crippen molar-refractivity contribution >= 4 is 29.2 Å². The van der Waals surface area contributed by atoms with Gasteiger partial charge in [-0.25, -0.2) is 0 Å². The Morgan fingerprint density at radius 2 is 2.03 bits per heavy atom. The molecule has 1 aliphatic rings. The summed E-state index contributed by atoms with van der Waals surface area (Å²) >= 11 is 0. The van der Waals surface area contributed by atoms with Crippen molar-refractivity contribution in [2.24, 2.45) is 5.92 Å². The van der Waals surface area contributed by atoms with Crippen LogP contribution in [0.15, 0.2) is 18.2 Å². The van der Waals surface area contributed by atoms with Gasteiger partial charge in [-0.1, -0.05) is 0 Å². The van der Waals surface area contributed by atoms with Gasteiger partial charge < -0.3 is 15.0 Å². The first kappa shape index (κ1) is 22.1. The Bertz CT molecular complexity index is 840. The van der Waals surface area contributed by atoms with Crippen LogP contribution in [0, 0.1) is 16.0 Å². The number of nitro groups is 1. The average molecular weight is 417 g/mol. The van der Waals surface area contributed by atoms with Crippen LogP contribution in [0.25, 0.3) is 0 Å². The number of nitrogens with zero attached hydrogens (tertiary/aromatic N) is 2. The molecule has 0 aromatic heterocycles. The molecule has 0 radical (unpaired) electrons. The molecule has 12 heteroatoms. The van der Waals surface area contributed by atoms with E-state index in [0.717, 1.165) is 6.07 Å². The highest BCUT2D eigenvalue weighted by Gasteiger charge is 2.37. The molecule has 158 valence electrons. The molecule has 0 bridgehead atoms. The number of esters is 1. The van der Waals surface area contributed by atoms with Gasteiger partial charge in [0, 0.05) is 25.1 Å². The van der Waals surface area contributed by atoms with Crippen molar-refractivity contribution in [3.63, 3.8) is 0 Å². The van der Waals surface area contributed by atoms with Crippen LogP contribution in [0.3, 0.4) is 0 Å². The van der Waals surface area contributed by atoms with Gasteiger partial charge >= 0.3 is 12.1 Å². The maximum atomic E-state index is 12.7. The number of ether oxygens (including phenoxy) is 1. The van der Waals surface area contributed by atoms with Crippen molar-refractivity contribution < 1.29 is 37.2 Å². The number of likely N-dealkylation sites (tertiary alicyclic amines) is 1. The molecule has 1 saturated heterocycles. The molecule has 1 N–H and O–H groups in total. The largest absolute Gasteiger partial charge is 0.455 e. The summed E-state index contributed by atoms with van der Waals surface area (Å²) in [5.74, 6) is -2.70. The lowest BCUT2D eigenvalue weighted by Gasteiger charge is -2.20. The predicted octanol–water partition coefficient (Wildman–Crippen LogP) is 2.35. The topological polar surface area (TPSA) is 119 Å². The minimum absolute atomic E-state index is 0.0526. The Morgan fingerprint density at radius 1 is 1.38 bits per heavy atom. The summed E-state index contributed by atoms with van der Waals surface area (Å²) in [4.78, 5) is 47.2. The van der Waals surface area contributed by atoms with Crippen LogP contribution in [0.2, 0.25) is 0 Å². The molecular weight excluding hydrogens is 399 g/mol. The number of amides is 2. The van der Waals surface area contributed by atoms with Gasteiger partial charge in [-0.3, -0.25) is 24.5 Å². The number of anilines is 1. The second kappa shape index (κ2) is 8.45. The van der Waals surface area contributed by atoms with E-state index in [1.54, 1.807) is 13.8 Å². The minimum Gasteiger partial charge on any atom is -0.455 e. The average Bonchev–Trinajstić information content (AvgIpc) is 3.01. The van der Waals surface area contributed by atoms with E-state index in [1.807, 2.05) is 5.32 Å². The van der Waals surface area contributed by atoms with E-state index >= 15 is 0 Å². The maximum Gasteiger partial charge on any atom is 0.416 e. The maximum absolute atomic E-state index is 12.7. The number of carbonyl (C=O) groups is 3. The normalized spacial score (nSPS) is 16.8. The van der Waals surface area contributed by atoms with Crippen molar-refractivity contribution in [3.8, 4) is 0 Å². The number of carbonyl (C=O) groups excluding carboxylic acids is 3. The number of rotatable bonds is 6. The van der Waals surface area contributed by atoms with E-state index in [-0.39, 0.29) is 24.9 Å². The molecule has 0 saturated carbocycles. The molecule has 1 aromatic carbocycles. The zero-order chi connectivity index (χ0) is 21.9. The van der Waals surface area contributed by atoms with E-state index in [0.29, 0.717) is 12.1 Å². The summed E-state index contributed by atoms with van der Waals surface area (Å²) in [5, 5.41) is 13.1. The van der Waals surface area contributed by atoms with Crippen LogP contribution < -0.4 is 5.32 Å². The zero-order valence-electron chi connectivity index (χ0n) is 15.5. The minimum atomic E-state index is -4.79. The van der Waals surface area contributed by atoms with Gasteiger partial charge in [0.1, 0.15) is 5.69 Å². The molecule has 2 rings (SSSR count). The molecule has 1 unspecified atom stereocenters. The zero-order valence-corrected chi connectivity index (χ0v) is 15.5. The third-order valence-electron chi connectivity index (χ3n) is 4.26. The van der Waals surface area contributed by atoms with Gasteiger partial charge in [0.2, 0.25) is 5.91 Å². The van der Waals surface area contributed by atoms with Crippen LogP contribution in [0.5, 0.6) is 0 Å². The van der Waals surface area contributed by atoms with Crippen molar-refractivity contribution in [3.05, 3.63) is 33.9 Å². The van der Waals surface area contributed by atoms with Crippen LogP contribution >= 0.6 is 0 Å². The molecule has 0 aliphatic carbocycles. The molecular formula is C17H18F3N3O6. The lowest BCUT2D eigenvalue weighted by Crippen LogP contribution is -2.33. The van der Waals surface area contributed by atoms with Gasteiger partial charge in [-0.05, 0) is 26.0 Å². The van der Waals surface area contributed by atoms with Gasteiger partial charge in [0.25, 0.3) is 11.6 Å². The Hall–Kier alpha value is -3.18. The molecule has 1 atom stereocenters. The molecule has 1 aromatic rings. The number of alkyl halides is 3. The Morgan fingerprint density at radius 3 is 2.55 bits per heavy atom. The molecule has 1 aliphatic heterocycles. The molecule has 1 heterocycles. The number of nitrogens with one attached hydrogen (secondary N) is 1. The Labute approximate surface area is 162 Å². The van der Waals surface area contributed by atoms with E-state index in [1.165, 1.54) is 4.90 Å². The highest BCUT2D eigenvalue weighted by atomic mass is 19.4. The first-order valence-corrected chi connectivity index (χ1v) is 8.51. The third-order valence-corrected chi connectivity index (χ3v) is 4.26. The quantitative estimate of drug-likeness (QED) is 0.431. The predicted molar refractivity (Wildman–Crippen MR) is 92.6 cm³/mol. The van der Waals surface area contributed by atoms with Crippen LogP contribution in [-0.4, -0.2) is 46.8 Å². The van der Waals surface area contributed by atoms with Crippen LogP contribution in [0.1, 0.15) is 25.8 Å². The Balaban J connectivity index is 1.98. The van der Waals surface area contributed by atoms with E-state index < -0.39 is 52.4 Å². The Kier molecular flexibility index (Phi) is 6.44. The molecule has 9 nitrogen and oxygen atoms in total. The van der Waals surface area contributed by atoms with Gasteiger partial charge in [-0.2, -0.15) is 13.2 Å². The van der Waals surface area contributed by atoms with Crippen molar-refractivity contribution in [1.29, 1.82) is 0 Å². The number of halogens is 3. The SMILES string of the molecule is CC(C)N1CC(C(=O)OCC(=O)Nc2ccc(C(F)(F)F)cc2[N+](=O)[O-])CC1=O. The summed E-state index contributed by atoms with van der Waals surface area (Å²) in [6.45, 7) is 2.93. The van der Waals surface area contributed by atoms with Gasteiger partial charge in [0.05, 0.1) is 16.4 Å². The van der Waals surface area contributed by atoms with Crippen LogP contribution in [-0.2, 0) is 25.3 Å². The van der Waals surface area contributed by atoms with Gasteiger partial charge in [0.15, 0.2) is 6.61 Å². The number of hydrogen-bond donors (Lipinski definition) is 1. The summed E-state index contributed by atoms with van der Waals surface area (Å²) < 4.78 is 42.9. The first-order valence-electron chi connectivity index (χ1n) is 8.51. The highest BCUT2D eigenvalue weighted by molar-refractivity contribution is 5.95. The second-order valence-corrected chi connectivity index (χ2v) is 6.68. The number of benzene rings is 1. The van der Waals surface area contributed by atoms with Crippen molar-refractivity contribution in [2.75, 3.05) is 18.5 Å². The highest BCUT2D eigenvalue weighted by Crippen LogP contribution is 2.35. The fraction of sp³-hybridized carbons (Fsp3) is 0.471. The summed E-state index contributed by atoms with van der Waals surface area (Å²) in [6.07, 6.45) is -4.84. The molecule has 2 amide bonds. The summed E-state index contributed by atoms with van der Waals surface area (Å²) in [5.41, 5.74) is -2.66.